The first kappa shape index (κ1) is 13.6. The SMILES string of the molecule is [C-]#[N+]c1ccc(C(=O)O)nc1N(C)Cc1ccccc1. The molecule has 0 bridgehead atoms. The van der Waals surface area contributed by atoms with Crippen LogP contribution < -0.4 is 4.90 Å². The topological polar surface area (TPSA) is 57.8 Å². The fourth-order valence-electron chi connectivity index (χ4n) is 1.86. The third kappa shape index (κ3) is 2.93. The number of aromatic nitrogens is 1. The van der Waals surface area contributed by atoms with Crippen LogP contribution in [0.2, 0.25) is 0 Å². The van der Waals surface area contributed by atoms with Crippen LogP contribution in [0.25, 0.3) is 4.85 Å². The van der Waals surface area contributed by atoms with E-state index in [1.165, 1.54) is 12.1 Å². The number of hydrogen-bond acceptors (Lipinski definition) is 3. The molecule has 0 saturated heterocycles. The highest BCUT2D eigenvalue weighted by Crippen LogP contribution is 2.27. The van der Waals surface area contributed by atoms with Gasteiger partial charge >= 0.3 is 5.97 Å². The Morgan fingerprint density at radius 2 is 2.00 bits per heavy atom. The van der Waals surface area contributed by atoms with Crippen molar-refractivity contribution in [1.29, 1.82) is 0 Å². The molecule has 0 aliphatic carbocycles. The van der Waals surface area contributed by atoms with Crippen molar-refractivity contribution in [3.63, 3.8) is 0 Å². The molecule has 0 radical (unpaired) electrons. The molecule has 0 fully saturated rings. The van der Waals surface area contributed by atoms with Gasteiger partial charge in [-0.2, -0.15) is 0 Å². The van der Waals surface area contributed by atoms with Crippen LogP contribution in [0.4, 0.5) is 11.5 Å². The third-order valence-corrected chi connectivity index (χ3v) is 2.82. The number of anilines is 1. The van der Waals surface area contributed by atoms with E-state index < -0.39 is 5.97 Å². The molecular formula is C15H13N3O2. The number of hydrogen-bond donors (Lipinski definition) is 1. The van der Waals surface area contributed by atoms with Crippen molar-refractivity contribution in [3.8, 4) is 0 Å². The van der Waals surface area contributed by atoms with Gasteiger partial charge in [0, 0.05) is 13.6 Å². The summed E-state index contributed by atoms with van der Waals surface area (Å²) in [5.74, 6) is -0.723. The van der Waals surface area contributed by atoms with E-state index in [0.717, 1.165) is 5.56 Å². The van der Waals surface area contributed by atoms with E-state index in [4.69, 9.17) is 11.7 Å². The fraction of sp³-hybridized carbons (Fsp3) is 0.133. The van der Waals surface area contributed by atoms with Crippen LogP contribution in [-0.2, 0) is 6.54 Å². The lowest BCUT2D eigenvalue weighted by Gasteiger charge is -2.20. The van der Waals surface area contributed by atoms with Crippen LogP contribution in [0.1, 0.15) is 16.1 Å². The Kier molecular flexibility index (Phi) is 3.96. The summed E-state index contributed by atoms with van der Waals surface area (Å²) in [6, 6.07) is 12.6. The summed E-state index contributed by atoms with van der Waals surface area (Å²) in [6.07, 6.45) is 0. The number of carbonyl (C=O) groups is 1. The van der Waals surface area contributed by atoms with Gasteiger partial charge in [-0.25, -0.2) is 14.6 Å². The van der Waals surface area contributed by atoms with Gasteiger partial charge in [-0.15, -0.1) is 0 Å². The first-order chi connectivity index (χ1) is 9.61. The lowest BCUT2D eigenvalue weighted by molar-refractivity contribution is 0.0690. The predicted octanol–water partition coefficient (Wildman–Crippen LogP) is 2.97. The number of aromatic carboxylic acids is 1. The van der Waals surface area contributed by atoms with Gasteiger partial charge in [-0.3, -0.25) is 0 Å². The van der Waals surface area contributed by atoms with Gasteiger partial charge in [0.25, 0.3) is 0 Å². The van der Waals surface area contributed by atoms with Crippen molar-refractivity contribution in [1.82, 2.24) is 4.98 Å². The second-order valence-corrected chi connectivity index (χ2v) is 4.30. The second kappa shape index (κ2) is 5.85. The molecule has 5 heteroatoms. The molecule has 0 saturated carbocycles. The maximum absolute atomic E-state index is 11.0. The number of nitrogens with zero attached hydrogens (tertiary/aromatic N) is 3. The van der Waals surface area contributed by atoms with Crippen molar-refractivity contribution >= 4 is 17.5 Å². The predicted molar refractivity (Wildman–Crippen MR) is 76.0 cm³/mol. The number of carboxylic acids is 1. The molecule has 2 rings (SSSR count). The smallest absolute Gasteiger partial charge is 0.354 e. The Labute approximate surface area is 116 Å². The van der Waals surface area contributed by atoms with E-state index in [2.05, 4.69) is 9.83 Å². The first-order valence-electron chi connectivity index (χ1n) is 5.98. The average molecular weight is 267 g/mol. The monoisotopic (exact) mass is 267 g/mol. The fourth-order valence-corrected chi connectivity index (χ4v) is 1.86. The number of rotatable bonds is 4. The Morgan fingerprint density at radius 1 is 1.30 bits per heavy atom. The van der Waals surface area contributed by atoms with E-state index >= 15 is 0 Å². The van der Waals surface area contributed by atoms with Gasteiger partial charge in [0.1, 0.15) is 11.5 Å². The highest BCUT2D eigenvalue weighted by Gasteiger charge is 2.14. The summed E-state index contributed by atoms with van der Waals surface area (Å²) < 4.78 is 0. The molecule has 100 valence electrons. The summed E-state index contributed by atoms with van der Waals surface area (Å²) in [4.78, 5) is 20.2. The largest absolute Gasteiger partial charge is 0.477 e. The molecular weight excluding hydrogens is 254 g/mol. The Morgan fingerprint density at radius 3 is 2.60 bits per heavy atom. The molecule has 1 N–H and O–H groups in total. The summed E-state index contributed by atoms with van der Waals surface area (Å²) >= 11 is 0. The molecule has 0 aliphatic rings. The summed E-state index contributed by atoms with van der Waals surface area (Å²) in [5.41, 5.74) is 1.34. The quantitative estimate of drug-likeness (QED) is 0.865. The van der Waals surface area contributed by atoms with Gasteiger partial charge in [0.15, 0.2) is 0 Å². The molecule has 1 heterocycles. The van der Waals surface area contributed by atoms with E-state index in [1.54, 1.807) is 11.9 Å². The standard InChI is InChI=1S/C15H13N3O2/c1-16-12-8-9-13(15(19)20)17-14(12)18(2)10-11-6-4-3-5-7-11/h3-9H,10H2,2H3,(H,19,20). The van der Waals surface area contributed by atoms with Gasteiger partial charge < -0.3 is 10.0 Å². The van der Waals surface area contributed by atoms with Crippen LogP contribution in [0.15, 0.2) is 42.5 Å². The van der Waals surface area contributed by atoms with Crippen LogP contribution in [-0.4, -0.2) is 23.1 Å². The molecule has 20 heavy (non-hydrogen) atoms. The van der Waals surface area contributed by atoms with Gasteiger partial charge in [0.2, 0.25) is 5.69 Å². The third-order valence-electron chi connectivity index (χ3n) is 2.82. The summed E-state index contributed by atoms with van der Waals surface area (Å²) in [7, 11) is 1.79. The number of carboxylic acid groups (broad SMARTS) is 1. The number of benzene rings is 1. The maximum atomic E-state index is 11.0. The highest BCUT2D eigenvalue weighted by atomic mass is 16.4. The van der Waals surface area contributed by atoms with Crippen molar-refractivity contribution in [2.75, 3.05) is 11.9 Å². The first-order valence-corrected chi connectivity index (χ1v) is 5.98. The Balaban J connectivity index is 2.33. The zero-order chi connectivity index (χ0) is 14.5. The van der Waals surface area contributed by atoms with Gasteiger partial charge in [0.05, 0.1) is 6.57 Å². The molecule has 5 nitrogen and oxygen atoms in total. The Bertz CT molecular complexity index is 663. The lowest BCUT2D eigenvalue weighted by Crippen LogP contribution is -2.18. The normalized spacial score (nSPS) is 9.80. The zero-order valence-corrected chi connectivity index (χ0v) is 10.9. The maximum Gasteiger partial charge on any atom is 0.354 e. The van der Waals surface area contributed by atoms with Crippen molar-refractivity contribution in [3.05, 3.63) is 65.1 Å². The minimum atomic E-state index is -1.10. The van der Waals surface area contributed by atoms with Gasteiger partial charge in [-0.1, -0.05) is 36.4 Å². The number of pyridine rings is 1. The van der Waals surface area contributed by atoms with Crippen LogP contribution in [0.3, 0.4) is 0 Å². The Hall–Kier alpha value is -2.87. The molecule has 2 aromatic rings. The molecule has 0 amide bonds. The van der Waals surface area contributed by atoms with E-state index in [9.17, 15) is 4.79 Å². The molecule has 0 spiro atoms. The molecule has 0 aliphatic heterocycles. The van der Waals surface area contributed by atoms with E-state index in [1.807, 2.05) is 30.3 Å². The lowest BCUT2D eigenvalue weighted by atomic mass is 10.2. The summed E-state index contributed by atoms with van der Waals surface area (Å²) in [6.45, 7) is 7.70. The highest BCUT2D eigenvalue weighted by molar-refractivity contribution is 5.87. The molecule has 1 aromatic carbocycles. The van der Waals surface area contributed by atoms with Gasteiger partial charge in [-0.05, 0) is 11.6 Å². The van der Waals surface area contributed by atoms with Crippen molar-refractivity contribution in [2.45, 2.75) is 6.54 Å². The van der Waals surface area contributed by atoms with E-state index in [0.29, 0.717) is 18.1 Å². The molecule has 1 aromatic heterocycles. The average Bonchev–Trinajstić information content (AvgIpc) is 2.47. The molecule has 0 unspecified atom stereocenters. The van der Waals surface area contributed by atoms with Crippen LogP contribution in [0.5, 0.6) is 0 Å². The minimum Gasteiger partial charge on any atom is -0.477 e. The van der Waals surface area contributed by atoms with Crippen molar-refractivity contribution < 1.29 is 9.90 Å². The minimum absolute atomic E-state index is 0.0627. The summed E-state index contributed by atoms with van der Waals surface area (Å²) in [5, 5.41) is 8.99. The van der Waals surface area contributed by atoms with Crippen molar-refractivity contribution in [2.24, 2.45) is 0 Å². The van der Waals surface area contributed by atoms with Crippen LogP contribution in [0, 0.1) is 6.57 Å². The second-order valence-electron chi connectivity index (χ2n) is 4.30. The van der Waals surface area contributed by atoms with E-state index in [-0.39, 0.29) is 5.69 Å². The zero-order valence-electron chi connectivity index (χ0n) is 10.9. The van der Waals surface area contributed by atoms with Crippen LogP contribution >= 0.6 is 0 Å². The molecule has 0 atom stereocenters.